The Labute approximate surface area is 177 Å². The summed E-state index contributed by atoms with van der Waals surface area (Å²) in [5, 5.41) is 17.6. The molecule has 3 N–H and O–H groups in total. The van der Waals surface area contributed by atoms with Crippen LogP contribution in [0.4, 0.5) is 0 Å². The smallest absolute Gasteiger partial charge is 0.125 e. The van der Waals surface area contributed by atoms with Crippen LogP contribution in [0.5, 0.6) is 5.75 Å². The van der Waals surface area contributed by atoms with Crippen molar-refractivity contribution >= 4 is 24.8 Å². The number of aryl methyl sites for hydroxylation is 3. The molecule has 1 aromatic carbocycles. The number of benzene rings is 1. The summed E-state index contributed by atoms with van der Waals surface area (Å²) in [4.78, 5) is 0. The molecule has 1 unspecified atom stereocenters. The summed E-state index contributed by atoms with van der Waals surface area (Å²) in [7, 11) is 0. The van der Waals surface area contributed by atoms with Crippen molar-refractivity contribution < 1.29 is 9.84 Å². The molecule has 0 bridgehead atoms. The molecule has 0 aliphatic carbocycles. The molecule has 158 valence electrons. The number of piperidine rings is 1. The molecule has 1 aromatic rings. The van der Waals surface area contributed by atoms with Gasteiger partial charge in [-0.1, -0.05) is 17.7 Å². The first kappa shape index (κ1) is 26.5. The molecule has 0 aromatic heterocycles. The molecule has 1 fully saturated rings. The number of aliphatic hydroxyl groups excluding tert-OH is 1. The zero-order chi connectivity index (χ0) is 18.8. The summed E-state index contributed by atoms with van der Waals surface area (Å²) >= 11 is 0. The standard InChI is InChI=1S/C21H36N2O2.2ClH/c1-14-8-15(2)19(16(3)9-14)25-13-18(24)12-22-17-10-20(4,5)23-21(6,7)11-17;;/h8-9,17-18,22-24H,10-13H2,1-7H3;2*1H. The average Bonchev–Trinajstić information content (AvgIpc) is 2.40. The molecule has 1 heterocycles. The van der Waals surface area contributed by atoms with Crippen molar-refractivity contribution in [3.8, 4) is 5.75 Å². The largest absolute Gasteiger partial charge is 0.490 e. The highest BCUT2D eigenvalue weighted by Crippen LogP contribution is 2.28. The fourth-order valence-electron chi connectivity index (χ4n) is 4.40. The van der Waals surface area contributed by atoms with Crippen LogP contribution in [0.15, 0.2) is 12.1 Å². The van der Waals surface area contributed by atoms with Gasteiger partial charge < -0.3 is 20.5 Å². The van der Waals surface area contributed by atoms with Crippen LogP contribution in [-0.2, 0) is 0 Å². The van der Waals surface area contributed by atoms with Gasteiger partial charge in [0.25, 0.3) is 0 Å². The molecule has 6 heteroatoms. The van der Waals surface area contributed by atoms with Crippen molar-refractivity contribution in [1.82, 2.24) is 10.6 Å². The molecule has 0 saturated carbocycles. The molecule has 1 aliphatic heterocycles. The fourth-order valence-corrected chi connectivity index (χ4v) is 4.40. The first-order chi connectivity index (χ1) is 11.5. The Morgan fingerprint density at radius 1 is 1.07 bits per heavy atom. The Morgan fingerprint density at radius 2 is 1.56 bits per heavy atom. The van der Waals surface area contributed by atoms with E-state index in [0.717, 1.165) is 29.7 Å². The number of hydrogen-bond acceptors (Lipinski definition) is 4. The lowest BCUT2D eigenvalue weighted by atomic mass is 9.79. The van der Waals surface area contributed by atoms with Crippen LogP contribution in [0.3, 0.4) is 0 Å². The lowest BCUT2D eigenvalue weighted by Crippen LogP contribution is -2.62. The van der Waals surface area contributed by atoms with Crippen LogP contribution in [0.1, 0.15) is 57.2 Å². The van der Waals surface area contributed by atoms with E-state index in [9.17, 15) is 5.11 Å². The van der Waals surface area contributed by atoms with Gasteiger partial charge in [-0.15, -0.1) is 24.8 Å². The maximum Gasteiger partial charge on any atom is 0.125 e. The average molecular weight is 421 g/mol. The van der Waals surface area contributed by atoms with Crippen molar-refractivity contribution in [3.63, 3.8) is 0 Å². The topological polar surface area (TPSA) is 53.5 Å². The maximum atomic E-state index is 10.3. The molecule has 1 atom stereocenters. The van der Waals surface area contributed by atoms with E-state index in [-0.39, 0.29) is 35.9 Å². The second-order valence-corrected chi connectivity index (χ2v) is 9.10. The summed E-state index contributed by atoms with van der Waals surface area (Å²) in [5.41, 5.74) is 3.70. The van der Waals surface area contributed by atoms with E-state index in [1.807, 2.05) is 0 Å². The number of aliphatic hydroxyl groups is 1. The molecular weight excluding hydrogens is 383 g/mol. The molecule has 27 heavy (non-hydrogen) atoms. The van der Waals surface area contributed by atoms with E-state index >= 15 is 0 Å². The third-order valence-electron chi connectivity index (χ3n) is 4.86. The zero-order valence-electron chi connectivity index (χ0n) is 17.8. The Kier molecular flexibility index (Phi) is 10.1. The summed E-state index contributed by atoms with van der Waals surface area (Å²) in [6.07, 6.45) is 1.60. The molecule has 0 spiro atoms. The number of halogens is 2. The summed E-state index contributed by atoms with van der Waals surface area (Å²) in [6.45, 7) is 16.0. The van der Waals surface area contributed by atoms with E-state index in [4.69, 9.17) is 4.74 Å². The van der Waals surface area contributed by atoms with Gasteiger partial charge in [0.05, 0.1) is 0 Å². The molecular formula is C21H38Cl2N2O2. The minimum Gasteiger partial charge on any atom is -0.490 e. The van der Waals surface area contributed by atoms with Crippen molar-refractivity contribution in [2.24, 2.45) is 0 Å². The first-order valence-electron chi connectivity index (χ1n) is 9.39. The second-order valence-electron chi connectivity index (χ2n) is 9.10. The highest BCUT2D eigenvalue weighted by molar-refractivity contribution is 5.85. The van der Waals surface area contributed by atoms with Gasteiger partial charge in [0.1, 0.15) is 18.5 Å². The molecule has 4 nitrogen and oxygen atoms in total. The summed E-state index contributed by atoms with van der Waals surface area (Å²) in [6, 6.07) is 4.64. The SMILES string of the molecule is Cc1cc(C)c(OCC(O)CNC2CC(C)(C)NC(C)(C)C2)c(C)c1.Cl.Cl. The van der Waals surface area contributed by atoms with E-state index < -0.39 is 6.10 Å². The maximum absolute atomic E-state index is 10.3. The lowest BCUT2D eigenvalue weighted by Gasteiger charge is -2.47. The van der Waals surface area contributed by atoms with Crippen molar-refractivity contribution in [2.75, 3.05) is 13.2 Å². The predicted molar refractivity (Wildman–Crippen MR) is 119 cm³/mol. The van der Waals surface area contributed by atoms with E-state index in [1.54, 1.807) is 0 Å². The normalized spacial score (nSPS) is 19.6. The first-order valence-corrected chi connectivity index (χ1v) is 9.39. The highest BCUT2D eigenvalue weighted by Gasteiger charge is 2.37. The molecule has 1 aliphatic rings. The molecule has 1 saturated heterocycles. The molecule has 0 amide bonds. The summed E-state index contributed by atoms with van der Waals surface area (Å²) < 4.78 is 5.90. The van der Waals surface area contributed by atoms with E-state index in [1.165, 1.54) is 5.56 Å². The fraction of sp³-hybridized carbons (Fsp3) is 0.714. The van der Waals surface area contributed by atoms with Gasteiger partial charge in [0, 0.05) is 23.7 Å². The van der Waals surface area contributed by atoms with Gasteiger partial charge in [0.15, 0.2) is 0 Å². The Bertz CT molecular complexity index is 567. The van der Waals surface area contributed by atoms with Gasteiger partial charge in [-0.05, 0) is 72.4 Å². The monoisotopic (exact) mass is 420 g/mol. The van der Waals surface area contributed by atoms with Gasteiger partial charge in [-0.3, -0.25) is 0 Å². The highest BCUT2D eigenvalue weighted by atomic mass is 35.5. The predicted octanol–water partition coefficient (Wildman–Crippen LogP) is 4.09. The van der Waals surface area contributed by atoms with Crippen LogP contribution in [0.25, 0.3) is 0 Å². The quantitative estimate of drug-likeness (QED) is 0.648. The van der Waals surface area contributed by atoms with Crippen LogP contribution < -0.4 is 15.4 Å². The van der Waals surface area contributed by atoms with E-state index in [0.29, 0.717) is 19.2 Å². The molecule has 2 rings (SSSR count). The van der Waals surface area contributed by atoms with Crippen molar-refractivity contribution in [2.45, 2.75) is 84.5 Å². The van der Waals surface area contributed by atoms with Crippen LogP contribution in [-0.4, -0.2) is 41.5 Å². The van der Waals surface area contributed by atoms with Gasteiger partial charge >= 0.3 is 0 Å². The second kappa shape index (κ2) is 10.3. The van der Waals surface area contributed by atoms with Gasteiger partial charge in [-0.25, -0.2) is 0 Å². The number of ether oxygens (including phenoxy) is 1. The third-order valence-corrected chi connectivity index (χ3v) is 4.86. The van der Waals surface area contributed by atoms with Gasteiger partial charge in [0.2, 0.25) is 0 Å². The van der Waals surface area contributed by atoms with Crippen LogP contribution >= 0.6 is 24.8 Å². The lowest BCUT2D eigenvalue weighted by molar-refractivity contribution is 0.0896. The third kappa shape index (κ3) is 8.16. The number of hydrogen-bond donors (Lipinski definition) is 3. The van der Waals surface area contributed by atoms with Crippen LogP contribution in [0, 0.1) is 20.8 Å². The zero-order valence-corrected chi connectivity index (χ0v) is 19.4. The van der Waals surface area contributed by atoms with E-state index in [2.05, 4.69) is 71.2 Å². The van der Waals surface area contributed by atoms with Crippen molar-refractivity contribution in [3.05, 3.63) is 28.8 Å². The number of rotatable bonds is 6. The van der Waals surface area contributed by atoms with Crippen LogP contribution in [0.2, 0.25) is 0 Å². The van der Waals surface area contributed by atoms with Gasteiger partial charge in [-0.2, -0.15) is 0 Å². The Balaban J connectivity index is 0.00000338. The summed E-state index contributed by atoms with van der Waals surface area (Å²) in [5.74, 6) is 0.897. The minimum absolute atomic E-state index is 0. The Hall–Kier alpha value is -0.520. The minimum atomic E-state index is -0.513. The Morgan fingerprint density at radius 3 is 2.04 bits per heavy atom. The molecule has 0 radical (unpaired) electrons. The van der Waals surface area contributed by atoms with Crippen molar-refractivity contribution in [1.29, 1.82) is 0 Å². The number of nitrogens with one attached hydrogen (secondary N) is 2.